The lowest BCUT2D eigenvalue weighted by atomic mass is 9.91. The van der Waals surface area contributed by atoms with Gasteiger partial charge < -0.3 is 25.7 Å². The fraction of sp³-hybridized carbons (Fsp3) is 0.500. The topological polar surface area (TPSA) is 105 Å². The number of anilines is 1. The molecule has 0 aromatic heterocycles. The molecule has 2 fully saturated rings. The number of urea groups is 1. The van der Waals surface area contributed by atoms with Crippen LogP contribution in [-0.2, 0) is 12.1 Å². The Morgan fingerprint density at radius 1 is 0.884 bits per heavy atom. The number of amides is 3. The van der Waals surface area contributed by atoms with E-state index in [1.807, 2.05) is 4.90 Å². The molecule has 0 spiro atoms. The Balaban J connectivity index is 1.29. The first-order valence-corrected chi connectivity index (χ1v) is 14.0. The van der Waals surface area contributed by atoms with Crippen molar-refractivity contribution in [1.82, 2.24) is 15.1 Å². The normalized spacial score (nSPS) is 20.5. The van der Waals surface area contributed by atoms with Crippen LogP contribution in [0.4, 0.5) is 36.8 Å². The van der Waals surface area contributed by atoms with Crippen LogP contribution < -0.4 is 10.6 Å². The highest BCUT2D eigenvalue weighted by molar-refractivity contribution is 6.34. The Bertz CT molecular complexity index is 1280. The number of aliphatic hydroxyl groups excluding tert-OH is 1. The van der Waals surface area contributed by atoms with Crippen molar-refractivity contribution >= 4 is 29.2 Å². The number of hydrogen-bond acceptors (Lipinski definition) is 5. The molecule has 15 heteroatoms. The number of halogens is 7. The van der Waals surface area contributed by atoms with E-state index in [4.69, 9.17) is 11.6 Å². The molecule has 2 aromatic carbocycles. The standard InChI is InChI=1S/C28H31ClF6N4O4/c29-22-15-18(3-10-23(22)37-25(42)36-20-6-8-21(40)9-7-20)24(41)39-13-11-38(12-14-39)16-17-1-4-19(5-2-17)26(43,27(30,31)32)28(33,34)35/h1-5,10,15,20-21,40,43H,6-9,11-14,16H2,(H2,36,37,42)/t20-,21-. The number of benzene rings is 2. The molecule has 1 aliphatic heterocycles. The Morgan fingerprint density at radius 2 is 1.47 bits per heavy atom. The summed E-state index contributed by atoms with van der Waals surface area (Å²) in [7, 11) is 0. The van der Waals surface area contributed by atoms with E-state index >= 15 is 0 Å². The number of aliphatic hydroxyl groups is 2. The monoisotopic (exact) mass is 636 g/mol. The van der Waals surface area contributed by atoms with Crippen molar-refractivity contribution in [2.24, 2.45) is 0 Å². The first kappa shape index (κ1) is 32.8. The van der Waals surface area contributed by atoms with Crippen molar-refractivity contribution in [1.29, 1.82) is 0 Å². The maximum absolute atomic E-state index is 13.1. The molecule has 2 aliphatic rings. The van der Waals surface area contributed by atoms with Crippen LogP contribution in [0.5, 0.6) is 0 Å². The Labute approximate surface area is 248 Å². The fourth-order valence-electron chi connectivity index (χ4n) is 5.20. The van der Waals surface area contributed by atoms with Gasteiger partial charge in [-0.1, -0.05) is 35.9 Å². The van der Waals surface area contributed by atoms with Gasteiger partial charge in [0.2, 0.25) is 0 Å². The number of alkyl halides is 6. The summed E-state index contributed by atoms with van der Waals surface area (Å²) in [6, 6.07) is 7.46. The summed E-state index contributed by atoms with van der Waals surface area (Å²) in [4.78, 5) is 28.9. The van der Waals surface area contributed by atoms with Gasteiger partial charge in [-0.3, -0.25) is 9.69 Å². The summed E-state index contributed by atoms with van der Waals surface area (Å²) in [6.45, 7) is 1.64. The lowest BCUT2D eigenvalue weighted by Gasteiger charge is -2.35. The average molecular weight is 637 g/mol. The first-order chi connectivity index (χ1) is 20.1. The van der Waals surface area contributed by atoms with Gasteiger partial charge in [0, 0.05) is 49.9 Å². The van der Waals surface area contributed by atoms with Gasteiger partial charge in [0.1, 0.15) is 0 Å². The summed E-state index contributed by atoms with van der Waals surface area (Å²) in [6.07, 6.45) is -9.67. The highest BCUT2D eigenvalue weighted by atomic mass is 35.5. The van der Waals surface area contributed by atoms with Crippen molar-refractivity contribution in [3.05, 3.63) is 64.2 Å². The van der Waals surface area contributed by atoms with Gasteiger partial charge in [0.15, 0.2) is 0 Å². The summed E-state index contributed by atoms with van der Waals surface area (Å²) in [5.74, 6) is -0.291. The van der Waals surface area contributed by atoms with Crippen LogP contribution in [-0.4, -0.2) is 82.6 Å². The van der Waals surface area contributed by atoms with Gasteiger partial charge in [-0.2, -0.15) is 26.3 Å². The molecule has 4 N–H and O–H groups in total. The SMILES string of the molecule is O=C(Nc1ccc(C(=O)N2CCN(Cc3ccc(C(O)(C(F)(F)F)C(F)(F)F)cc3)CC2)cc1Cl)N[C@H]1CC[C@H](O)CC1. The molecular weight excluding hydrogens is 606 g/mol. The number of carbonyl (C=O) groups excluding carboxylic acids is 2. The fourth-order valence-corrected chi connectivity index (χ4v) is 5.43. The minimum atomic E-state index is -5.95. The summed E-state index contributed by atoms with van der Waals surface area (Å²) >= 11 is 6.33. The van der Waals surface area contributed by atoms with Crippen LogP contribution in [0.3, 0.4) is 0 Å². The Kier molecular flexibility index (Phi) is 9.84. The van der Waals surface area contributed by atoms with E-state index in [1.165, 1.54) is 18.2 Å². The highest BCUT2D eigenvalue weighted by Crippen LogP contribution is 2.50. The molecule has 2 aromatic rings. The van der Waals surface area contributed by atoms with Crippen molar-refractivity contribution in [2.75, 3.05) is 31.5 Å². The summed E-state index contributed by atoms with van der Waals surface area (Å²) in [5.41, 5.74) is -5.23. The smallest absolute Gasteiger partial charge is 0.393 e. The second kappa shape index (κ2) is 12.9. The van der Waals surface area contributed by atoms with E-state index < -0.39 is 29.5 Å². The molecule has 0 unspecified atom stereocenters. The van der Waals surface area contributed by atoms with Gasteiger partial charge in [-0.15, -0.1) is 0 Å². The van der Waals surface area contributed by atoms with Crippen LogP contribution in [0.25, 0.3) is 0 Å². The zero-order chi connectivity index (χ0) is 31.6. The quantitative estimate of drug-likeness (QED) is 0.333. The Hall–Kier alpha value is -3.07. The molecule has 1 saturated heterocycles. The number of piperazine rings is 1. The molecule has 4 rings (SSSR count). The van der Waals surface area contributed by atoms with Crippen molar-refractivity contribution in [2.45, 2.75) is 62.3 Å². The molecular formula is C28H31ClF6N4O4. The van der Waals surface area contributed by atoms with Gasteiger partial charge in [0.25, 0.3) is 11.5 Å². The molecule has 0 radical (unpaired) electrons. The van der Waals surface area contributed by atoms with Crippen LogP contribution >= 0.6 is 11.6 Å². The number of hydrogen-bond donors (Lipinski definition) is 4. The second-order valence-electron chi connectivity index (χ2n) is 10.8. The first-order valence-electron chi connectivity index (χ1n) is 13.6. The van der Waals surface area contributed by atoms with E-state index in [0.717, 1.165) is 12.1 Å². The highest BCUT2D eigenvalue weighted by Gasteiger charge is 2.71. The van der Waals surface area contributed by atoms with Crippen LogP contribution in [0.2, 0.25) is 5.02 Å². The lowest BCUT2D eigenvalue weighted by molar-refractivity contribution is -0.376. The number of nitrogens with zero attached hydrogens (tertiary/aromatic N) is 2. The van der Waals surface area contributed by atoms with Crippen LogP contribution in [0.15, 0.2) is 42.5 Å². The van der Waals surface area contributed by atoms with Crippen molar-refractivity contribution in [3.8, 4) is 0 Å². The summed E-state index contributed by atoms with van der Waals surface area (Å²) < 4.78 is 78.7. The van der Waals surface area contributed by atoms with E-state index in [1.54, 1.807) is 4.90 Å². The number of nitrogens with one attached hydrogen (secondary N) is 2. The maximum Gasteiger partial charge on any atom is 0.430 e. The van der Waals surface area contributed by atoms with Crippen molar-refractivity contribution < 1.29 is 46.1 Å². The molecule has 1 aliphatic carbocycles. The van der Waals surface area contributed by atoms with Gasteiger partial charge >= 0.3 is 18.4 Å². The predicted molar refractivity (Wildman–Crippen MR) is 145 cm³/mol. The largest absolute Gasteiger partial charge is 0.430 e. The molecule has 8 nitrogen and oxygen atoms in total. The predicted octanol–water partition coefficient (Wildman–Crippen LogP) is 5.04. The molecule has 3 amide bonds. The zero-order valence-corrected chi connectivity index (χ0v) is 23.6. The van der Waals surface area contributed by atoms with Crippen LogP contribution in [0, 0.1) is 0 Å². The third kappa shape index (κ3) is 7.54. The van der Waals surface area contributed by atoms with E-state index in [-0.39, 0.29) is 29.6 Å². The molecule has 236 valence electrons. The average Bonchev–Trinajstić information content (AvgIpc) is 2.94. The zero-order valence-electron chi connectivity index (χ0n) is 22.8. The second-order valence-corrected chi connectivity index (χ2v) is 11.2. The molecule has 43 heavy (non-hydrogen) atoms. The van der Waals surface area contributed by atoms with E-state index in [2.05, 4.69) is 10.6 Å². The van der Waals surface area contributed by atoms with E-state index in [9.17, 15) is 46.1 Å². The van der Waals surface area contributed by atoms with Gasteiger partial charge in [0.05, 0.1) is 16.8 Å². The van der Waals surface area contributed by atoms with Gasteiger partial charge in [-0.05, 0) is 49.4 Å². The van der Waals surface area contributed by atoms with Gasteiger partial charge in [-0.25, -0.2) is 4.79 Å². The molecule has 1 saturated carbocycles. The minimum Gasteiger partial charge on any atom is -0.393 e. The molecule has 0 bridgehead atoms. The minimum absolute atomic E-state index is 0.0511. The van der Waals surface area contributed by atoms with Crippen LogP contribution in [0.1, 0.15) is 47.2 Å². The van der Waals surface area contributed by atoms with Crippen molar-refractivity contribution in [3.63, 3.8) is 0 Å². The Morgan fingerprint density at radius 3 is 2.00 bits per heavy atom. The molecule has 0 atom stereocenters. The number of rotatable bonds is 6. The maximum atomic E-state index is 13.1. The third-order valence-corrected chi connectivity index (χ3v) is 8.07. The lowest BCUT2D eigenvalue weighted by Crippen LogP contribution is -2.53. The summed E-state index contributed by atoms with van der Waals surface area (Å²) in [5, 5.41) is 24.8. The molecule has 1 heterocycles. The third-order valence-electron chi connectivity index (χ3n) is 7.75. The van der Waals surface area contributed by atoms with E-state index in [0.29, 0.717) is 80.8 Å². The number of carbonyl (C=O) groups is 2.